The van der Waals surface area contributed by atoms with Gasteiger partial charge >= 0.3 is 12.3 Å². The Morgan fingerprint density at radius 1 is 1.43 bits per heavy atom. The number of rotatable bonds is 6. The van der Waals surface area contributed by atoms with Crippen molar-refractivity contribution in [3.8, 4) is 11.5 Å². The number of hydrogen-bond donors (Lipinski definition) is 0. The van der Waals surface area contributed by atoms with Crippen LogP contribution in [0.4, 0.5) is 13.2 Å². The molecule has 0 amide bonds. The molecule has 9 heteroatoms. The summed E-state index contributed by atoms with van der Waals surface area (Å²) in [7, 11) is 1.24. The Morgan fingerprint density at radius 2 is 2.10 bits per heavy atom. The monoisotopic (exact) mass is 327 g/mol. The summed E-state index contributed by atoms with van der Waals surface area (Å²) in [5.41, 5.74) is 0.0897. The summed E-state index contributed by atoms with van der Waals surface area (Å²) in [6.07, 6.45) is -4.27. The van der Waals surface area contributed by atoms with Gasteiger partial charge in [0.15, 0.2) is 5.75 Å². The Morgan fingerprint density at radius 3 is 2.57 bits per heavy atom. The van der Waals surface area contributed by atoms with Crippen molar-refractivity contribution in [1.82, 2.24) is 4.98 Å². The number of methoxy groups -OCH3 is 1. The van der Waals surface area contributed by atoms with Crippen molar-refractivity contribution in [2.75, 3.05) is 13.7 Å². The van der Waals surface area contributed by atoms with Gasteiger partial charge in [0.25, 0.3) is 0 Å². The third kappa shape index (κ3) is 4.96. The predicted octanol–water partition coefficient (Wildman–Crippen LogP) is 2.83. The Balaban J connectivity index is 3.16. The molecule has 21 heavy (non-hydrogen) atoms. The molecular formula is C12H13ClF3NO4. The average molecular weight is 328 g/mol. The molecule has 0 N–H and O–H groups in total. The van der Waals surface area contributed by atoms with E-state index < -0.39 is 18.1 Å². The number of aromatic nitrogens is 1. The van der Waals surface area contributed by atoms with Crippen molar-refractivity contribution in [2.24, 2.45) is 0 Å². The molecule has 0 aliphatic carbocycles. The van der Waals surface area contributed by atoms with Gasteiger partial charge < -0.3 is 14.2 Å². The zero-order valence-electron chi connectivity index (χ0n) is 11.3. The minimum absolute atomic E-state index is 0.0280. The molecule has 0 atom stereocenters. The molecule has 1 aromatic rings. The first-order chi connectivity index (χ1) is 9.82. The van der Waals surface area contributed by atoms with Crippen LogP contribution in [-0.2, 0) is 21.8 Å². The number of hydrogen-bond acceptors (Lipinski definition) is 5. The molecule has 0 aliphatic rings. The molecular weight excluding hydrogens is 315 g/mol. The molecule has 1 heterocycles. The van der Waals surface area contributed by atoms with Gasteiger partial charge in [0.1, 0.15) is 5.75 Å². The lowest BCUT2D eigenvalue weighted by molar-refractivity contribution is -0.275. The molecule has 0 spiro atoms. The first-order valence-electron chi connectivity index (χ1n) is 5.84. The molecule has 5 nitrogen and oxygen atoms in total. The van der Waals surface area contributed by atoms with Crippen LogP contribution in [0.5, 0.6) is 11.5 Å². The second kappa shape index (κ2) is 7.35. The molecule has 118 valence electrons. The first-order valence-corrected chi connectivity index (χ1v) is 6.37. The van der Waals surface area contributed by atoms with Gasteiger partial charge in [-0.1, -0.05) is 0 Å². The number of halogens is 4. The summed E-state index contributed by atoms with van der Waals surface area (Å²) in [6.45, 7) is 1.81. The number of ether oxygens (including phenoxy) is 3. The van der Waals surface area contributed by atoms with Crippen LogP contribution in [-0.4, -0.2) is 31.0 Å². The van der Waals surface area contributed by atoms with Crippen LogP contribution in [0.2, 0.25) is 0 Å². The third-order valence-corrected chi connectivity index (χ3v) is 2.62. The minimum atomic E-state index is -4.88. The summed E-state index contributed by atoms with van der Waals surface area (Å²) in [6, 6.07) is 0. The smallest absolute Gasteiger partial charge is 0.494 e. The van der Waals surface area contributed by atoms with Gasteiger partial charge in [-0.05, 0) is 6.92 Å². The van der Waals surface area contributed by atoms with E-state index >= 15 is 0 Å². The van der Waals surface area contributed by atoms with E-state index in [9.17, 15) is 18.0 Å². The third-order valence-electron chi connectivity index (χ3n) is 2.35. The lowest BCUT2D eigenvalue weighted by atomic mass is 10.1. The molecule has 0 aromatic carbocycles. The molecule has 0 aliphatic heterocycles. The second-order valence-electron chi connectivity index (χ2n) is 3.74. The quantitative estimate of drug-likeness (QED) is 0.594. The number of nitrogens with zero attached hydrogens (tertiary/aromatic N) is 1. The Labute approximate surface area is 124 Å². The molecule has 0 radical (unpaired) electrons. The number of pyridine rings is 1. The van der Waals surface area contributed by atoms with E-state index in [0.717, 1.165) is 6.20 Å². The van der Waals surface area contributed by atoms with Crippen LogP contribution in [0.15, 0.2) is 6.20 Å². The highest BCUT2D eigenvalue weighted by Gasteiger charge is 2.33. The average Bonchev–Trinajstić information content (AvgIpc) is 2.38. The van der Waals surface area contributed by atoms with Gasteiger partial charge in [0.2, 0.25) is 0 Å². The molecule has 0 bridgehead atoms. The largest absolute Gasteiger partial charge is 0.573 e. The van der Waals surface area contributed by atoms with E-state index in [4.69, 9.17) is 21.1 Å². The Kier molecular flexibility index (Phi) is 6.07. The van der Waals surface area contributed by atoms with Gasteiger partial charge in [-0.15, -0.1) is 24.8 Å². The standard InChI is InChI=1S/C12H13ClF3NO4/c1-3-20-10(18)4-8-11(19-2)7(5-13)9(6-17-8)21-12(14,15)16/h6H,3-5H2,1-2H3. The molecule has 1 rings (SSSR count). The maximum atomic E-state index is 12.3. The van der Waals surface area contributed by atoms with Crippen molar-refractivity contribution in [2.45, 2.75) is 25.6 Å². The highest BCUT2D eigenvalue weighted by molar-refractivity contribution is 6.17. The Bertz CT molecular complexity index is 508. The fourth-order valence-electron chi connectivity index (χ4n) is 1.61. The molecule has 0 saturated carbocycles. The minimum Gasteiger partial charge on any atom is -0.494 e. The van der Waals surface area contributed by atoms with E-state index in [1.165, 1.54) is 7.11 Å². The molecule has 0 unspecified atom stereocenters. The van der Waals surface area contributed by atoms with Crippen LogP contribution in [0, 0.1) is 0 Å². The number of esters is 1. The van der Waals surface area contributed by atoms with Gasteiger partial charge in [0, 0.05) is 0 Å². The van der Waals surface area contributed by atoms with E-state index in [1.54, 1.807) is 6.92 Å². The van der Waals surface area contributed by atoms with Crippen molar-refractivity contribution in [3.05, 3.63) is 17.5 Å². The van der Waals surface area contributed by atoms with Gasteiger partial charge in [-0.25, -0.2) is 0 Å². The van der Waals surface area contributed by atoms with Gasteiger partial charge in [-0.3, -0.25) is 9.78 Å². The highest BCUT2D eigenvalue weighted by atomic mass is 35.5. The normalized spacial score (nSPS) is 11.1. The van der Waals surface area contributed by atoms with E-state index in [1.807, 2.05) is 0 Å². The number of carbonyl (C=O) groups excluding carboxylic acids is 1. The SMILES string of the molecule is CCOC(=O)Cc1ncc(OC(F)(F)F)c(CCl)c1OC. The van der Waals surface area contributed by atoms with Crippen LogP contribution in [0.3, 0.4) is 0 Å². The molecule has 0 fully saturated rings. The van der Waals surface area contributed by atoms with Crippen molar-refractivity contribution in [1.29, 1.82) is 0 Å². The summed E-state index contributed by atoms with van der Waals surface area (Å²) < 4.78 is 50.5. The van der Waals surface area contributed by atoms with Crippen LogP contribution < -0.4 is 9.47 Å². The van der Waals surface area contributed by atoms with Crippen molar-refractivity contribution in [3.63, 3.8) is 0 Å². The van der Waals surface area contributed by atoms with E-state index in [0.29, 0.717) is 0 Å². The summed E-state index contributed by atoms with van der Waals surface area (Å²) >= 11 is 5.64. The van der Waals surface area contributed by atoms with E-state index in [2.05, 4.69) is 9.72 Å². The van der Waals surface area contributed by atoms with Crippen LogP contribution >= 0.6 is 11.6 Å². The van der Waals surface area contributed by atoms with Crippen molar-refractivity contribution < 1.29 is 32.2 Å². The number of carbonyl (C=O) groups is 1. The summed E-state index contributed by atoms with van der Waals surface area (Å²) in [5.74, 6) is -1.47. The zero-order chi connectivity index (χ0) is 16.0. The van der Waals surface area contributed by atoms with Gasteiger partial charge in [0.05, 0.1) is 43.5 Å². The zero-order valence-corrected chi connectivity index (χ0v) is 12.0. The topological polar surface area (TPSA) is 57.7 Å². The van der Waals surface area contributed by atoms with Crippen LogP contribution in [0.1, 0.15) is 18.2 Å². The van der Waals surface area contributed by atoms with Crippen LogP contribution in [0.25, 0.3) is 0 Å². The van der Waals surface area contributed by atoms with Crippen molar-refractivity contribution >= 4 is 17.6 Å². The number of alkyl halides is 4. The highest BCUT2D eigenvalue weighted by Crippen LogP contribution is 2.35. The summed E-state index contributed by atoms with van der Waals surface area (Å²) in [4.78, 5) is 15.2. The molecule has 0 saturated heterocycles. The molecule has 1 aromatic heterocycles. The summed E-state index contributed by atoms with van der Waals surface area (Å²) in [5, 5.41) is 0. The Hall–Kier alpha value is -1.70. The lowest BCUT2D eigenvalue weighted by Gasteiger charge is -2.16. The van der Waals surface area contributed by atoms with E-state index in [-0.39, 0.29) is 35.9 Å². The fraction of sp³-hybridized carbons (Fsp3) is 0.500. The second-order valence-corrected chi connectivity index (χ2v) is 4.01. The van der Waals surface area contributed by atoms with Gasteiger partial charge in [-0.2, -0.15) is 0 Å². The lowest BCUT2D eigenvalue weighted by Crippen LogP contribution is -2.19. The fourth-order valence-corrected chi connectivity index (χ4v) is 1.87. The maximum absolute atomic E-state index is 12.3. The predicted molar refractivity (Wildman–Crippen MR) is 67.4 cm³/mol. The first kappa shape index (κ1) is 17.4. The maximum Gasteiger partial charge on any atom is 0.573 e.